The van der Waals surface area contributed by atoms with Crippen LogP contribution < -0.4 is 10.6 Å². The van der Waals surface area contributed by atoms with E-state index in [0.29, 0.717) is 6.42 Å². The van der Waals surface area contributed by atoms with Crippen LogP contribution >= 0.6 is 0 Å². The smallest absolute Gasteiger partial charge is 0.243 e. The molecule has 0 radical (unpaired) electrons. The summed E-state index contributed by atoms with van der Waals surface area (Å²) in [6.07, 6.45) is 0.608. The van der Waals surface area contributed by atoms with E-state index in [1.165, 1.54) is 6.92 Å². The number of aliphatic hydroxyl groups is 1. The largest absolute Gasteiger partial charge is 0.508 e. The Morgan fingerprint density at radius 2 is 1.67 bits per heavy atom. The summed E-state index contributed by atoms with van der Waals surface area (Å²) in [7, 11) is 0. The maximum Gasteiger partial charge on any atom is 0.243 e. The van der Waals surface area contributed by atoms with Gasteiger partial charge in [0.25, 0.3) is 0 Å². The van der Waals surface area contributed by atoms with Crippen LogP contribution in [0, 0.1) is 28.6 Å². The number of hydrogen-bond donors (Lipinski definition) is 3. The molecule has 1 rings (SSSR count). The summed E-state index contributed by atoms with van der Waals surface area (Å²) in [6.45, 7) is 5.16. The molecular formula is C20H24N4O3. The number of benzene rings is 1. The highest BCUT2D eigenvalue weighted by atomic mass is 16.3. The molecule has 2 amide bonds. The maximum absolute atomic E-state index is 12.7. The molecule has 27 heavy (non-hydrogen) atoms. The van der Waals surface area contributed by atoms with Crippen LogP contribution in [0.4, 0.5) is 0 Å². The fourth-order valence-electron chi connectivity index (χ4n) is 2.60. The van der Waals surface area contributed by atoms with Gasteiger partial charge in [-0.15, -0.1) is 0 Å². The Hall–Kier alpha value is -3.32. The van der Waals surface area contributed by atoms with Crippen molar-refractivity contribution in [2.75, 3.05) is 0 Å². The number of nitrogens with zero attached hydrogens (tertiary/aromatic N) is 2. The summed E-state index contributed by atoms with van der Waals surface area (Å²) in [4.78, 5) is 24.1. The first-order chi connectivity index (χ1) is 12.8. The first kappa shape index (κ1) is 21.7. The first-order valence-corrected chi connectivity index (χ1v) is 8.63. The molecule has 0 saturated carbocycles. The standard InChI is InChI=1S/C20H24N4O3/c1-13(2)9-18(23-14(3)25)20(27)24-17(19(26)16(11-21)12-22)10-15-7-5-4-6-8-15/h4-8,13,17-18,26H,9-10H2,1-3H3,(H,23,25)(H,24,27)/t17-,18-/m0/s1. The van der Waals surface area contributed by atoms with E-state index >= 15 is 0 Å². The van der Waals surface area contributed by atoms with Gasteiger partial charge < -0.3 is 15.7 Å². The first-order valence-electron chi connectivity index (χ1n) is 8.63. The van der Waals surface area contributed by atoms with Gasteiger partial charge in [-0.25, -0.2) is 0 Å². The minimum Gasteiger partial charge on any atom is -0.508 e. The third-order valence-electron chi connectivity index (χ3n) is 3.81. The van der Waals surface area contributed by atoms with Crippen molar-refractivity contribution >= 4 is 11.8 Å². The van der Waals surface area contributed by atoms with Gasteiger partial charge in [-0.1, -0.05) is 44.2 Å². The highest BCUT2D eigenvalue weighted by Crippen LogP contribution is 2.13. The van der Waals surface area contributed by atoms with Crippen LogP contribution in [0.15, 0.2) is 41.7 Å². The molecule has 0 heterocycles. The summed E-state index contributed by atoms with van der Waals surface area (Å²) in [6, 6.07) is 10.6. The zero-order chi connectivity index (χ0) is 20.4. The van der Waals surface area contributed by atoms with Crippen LogP contribution in [0.1, 0.15) is 32.8 Å². The van der Waals surface area contributed by atoms with E-state index in [2.05, 4.69) is 10.6 Å². The Bertz CT molecular complexity index is 757. The lowest BCUT2D eigenvalue weighted by Gasteiger charge is -2.24. The second-order valence-electron chi connectivity index (χ2n) is 6.62. The van der Waals surface area contributed by atoms with Crippen molar-refractivity contribution in [3.8, 4) is 12.1 Å². The van der Waals surface area contributed by atoms with Crippen LogP contribution in [0.25, 0.3) is 0 Å². The van der Waals surface area contributed by atoms with Crippen molar-refractivity contribution in [1.82, 2.24) is 10.6 Å². The second-order valence-corrected chi connectivity index (χ2v) is 6.62. The Morgan fingerprint density at radius 1 is 1.07 bits per heavy atom. The molecule has 0 aromatic heterocycles. The maximum atomic E-state index is 12.7. The molecule has 0 spiro atoms. The third kappa shape index (κ3) is 7.21. The zero-order valence-corrected chi connectivity index (χ0v) is 15.7. The lowest BCUT2D eigenvalue weighted by Crippen LogP contribution is -2.50. The van der Waals surface area contributed by atoms with E-state index in [-0.39, 0.29) is 18.2 Å². The van der Waals surface area contributed by atoms with Crippen molar-refractivity contribution < 1.29 is 14.7 Å². The Balaban J connectivity index is 3.13. The van der Waals surface area contributed by atoms with Crippen LogP contribution in [0.5, 0.6) is 0 Å². The molecule has 0 bridgehead atoms. The SMILES string of the molecule is CC(=O)N[C@@H](CC(C)C)C(=O)N[C@@H](Cc1ccccc1)C(O)=C(C#N)C#N. The molecule has 0 aliphatic rings. The predicted octanol–water partition coefficient (Wildman–Crippen LogP) is 2.12. The number of carbonyl (C=O) groups excluding carboxylic acids is 2. The number of allylic oxidation sites excluding steroid dienone is 1. The van der Waals surface area contributed by atoms with Crippen molar-refractivity contribution in [3.63, 3.8) is 0 Å². The zero-order valence-electron chi connectivity index (χ0n) is 15.7. The van der Waals surface area contributed by atoms with E-state index in [0.717, 1.165) is 5.56 Å². The van der Waals surface area contributed by atoms with E-state index < -0.39 is 29.3 Å². The quantitative estimate of drug-likeness (QED) is 0.478. The summed E-state index contributed by atoms with van der Waals surface area (Å²) in [5.74, 6) is -1.17. The molecule has 1 aromatic carbocycles. The van der Waals surface area contributed by atoms with Crippen LogP contribution in [-0.2, 0) is 16.0 Å². The highest BCUT2D eigenvalue weighted by molar-refractivity contribution is 5.87. The minimum absolute atomic E-state index is 0.151. The summed E-state index contributed by atoms with van der Waals surface area (Å²) < 4.78 is 0. The summed E-state index contributed by atoms with van der Waals surface area (Å²) >= 11 is 0. The lowest BCUT2D eigenvalue weighted by molar-refractivity contribution is -0.128. The molecule has 1 aromatic rings. The van der Waals surface area contributed by atoms with Crippen LogP contribution in [0.3, 0.4) is 0 Å². The van der Waals surface area contributed by atoms with E-state index in [1.54, 1.807) is 12.1 Å². The van der Waals surface area contributed by atoms with Gasteiger partial charge in [0.1, 0.15) is 23.9 Å². The van der Waals surface area contributed by atoms with Crippen LogP contribution in [-0.4, -0.2) is 29.0 Å². The van der Waals surface area contributed by atoms with Crippen molar-refractivity contribution in [1.29, 1.82) is 10.5 Å². The molecule has 142 valence electrons. The lowest BCUT2D eigenvalue weighted by atomic mass is 9.99. The fourth-order valence-corrected chi connectivity index (χ4v) is 2.60. The average molecular weight is 368 g/mol. The number of nitriles is 2. The molecule has 7 nitrogen and oxygen atoms in total. The predicted molar refractivity (Wildman–Crippen MR) is 100 cm³/mol. The van der Waals surface area contributed by atoms with Crippen molar-refractivity contribution in [3.05, 3.63) is 47.2 Å². The molecular weight excluding hydrogens is 344 g/mol. The Kier molecular flexibility index (Phi) is 8.55. The highest BCUT2D eigenvalue weighted by Gasteiger charge is 2.26. The van der Waals surface area contributed by atoms with E-state index in [1.807, 2.05) is 44.2 Å². The normalized spacial score (nSPS) is 12.2. The number of hydrogen-bond acceptors (Lipinski definition) is 5. The molecule has 0 aliphatic heterocycles. The number of rotatable bonds is 8. The summed E-state index contributed by atoms with van der Waals surface area (Å²) in [5, 5.41) is 33.7. The molecule has 0 fully saturated rings. The molecule has 3 N–H and O–H groups in total. The van der Waals surface area contributed by atoms with E-state index in [4.69, 9.17) is 10.5 Å². The number of nitrogens with one attached hydrogen (secondary N) is 2. The fraction of sp³-hybridized carbons (Fsp3) is 0.400. The van der Waals surface area contributed by atoms with Gasteiger partial charge in [0.15, 0.2) is 5.57 Å². The molecule has 7 heteroatoms. The Labute approximate surface area is 159 Å². The average Bonchev–Trinajstić information content (AvgIpc) is 2.61. The topological polar surface area (TPSA) is 126 Å². The van der Waals surface area contributed by atoms with Gasteiger partial charge in [-0.05, 0) is 24.3 Å². The van der Waals surface area contributed by atoms with Gasteiger partial charge in [0.2, 0.25) is 11.8 Å². The monoisotopic (exact) mass is 368 g/mol. The Morgan fingerprint density at radius 3 is 2.15 bits per heavy atom. The molecule has 0 unspecified atom stereocenters. The third-order valence-corrected chi connectivity index (χ3v) is 3.81. The van der Waals surface area contributed by atoms with Crippen LogP contribution in [0.2, 0.25) is 0 Å². The molecule has 0 saturated heterocycles. The van der Waals surface area contributed by atoms with Gasteiger partial charge >= 0.3 is 0 Å². The van der Waals surface area contributed by atoms with Crippen molar-refractivity contribution in [2.24, 2.45) is 5.92 Å². The van der Waals surface area contributed by atoms with Gasteiger partial charge in [-0.3, -0.25) is 9.59 Å². The minimum atomic E-state index is -0.961. The van der Waals surface area contributed by atoms with Gasteiger partial charge in [0, 0.05) is 6.92 Å². The molecule has 2 atom stereocenters. The molecule has 0 aliphatic carbocycles. The number of carbonyl (C=O) groups is 2. The van der Waals surface area contributed by atoms with Gasteiger partial charge in [0.05, 0.1) is 6.04 Å². The van der Waals surface area contributed by atoms with Crippen molar-refractivity contribution in [2.45, 2.75) is 45.7 Å². The summed E-state index contributed by atoms with van der Waals surface area (Å²) in [5.41, 5.74) is 0.348. The van der Waals surface area contributed by atoms with Gasteiger partial charge in [-0.2, -0.15) is 10.5 Å². The second kappa shape index (κ2) is 10.6. The van der Waals surface area contributed by atoms with E-state index in [9.17, 15) is 14.7 Å². The number of aliphatic hydroxyl groups excluding tert-OH is 1. The number of amides is 2.